The predicted molar refractivity (Wildman–Crippen MR) is 91.0 cm³/mol. The predicted octanol–water partition coefficient (Wildman–Crippen LogP) is 1.72. The van der Waals surface area contributed by atoms with Gasteiger partial charge in [0.15, 0.2) is 0 Å². The molecule has 0 atom stereocenters. The second kappa shape index (κ2) is 7.58. The summed E-state index contributed by atoms with van der Waals surface area (Å²) >= 11 is 0. The molecule has 0 saturated heterocycles. The minimum absolute atomic E-state index is 0.0519. The maximum Gasteiger partial charge on any atom is 0.269 e. The van der Waals surface area contributed by atoms with E-state index in [0.717, 1.165) is 22.6 Å². The lowest BCUT2D eigenvalue weighted by Crippen LogP contribution is -2.30. The zero-order valence-electron chi connectivity index (χ0n) is 14.0. The highest BCUT2D eigenvalue weighted by Crippen LogP contribution is 2.15. The number of anilines is 1. The smallest absolute Gasteiger partial charge is 0.269 e. The van der Waals surface area contributed by atoms with Crippen molar-refractivity contribution in [2.24, 2.45) is 7.05 Å². The fraction of sp³-hybridized carbons (Fsp3) is 0.375. The van der Waals surface area contributed by atoms with Crippen molar-refractivity contribution in [3.63, 3.8) is 0 Å². The number of nitrogens with zero attached hydrogens (tertiary/aromatic N) is 3. The molecule has 0 aliphatic heterocycles. The van der Waals surface area contributed by atoms with E-state index < -0.39 is 4.92 Å². The van der Waals surface area contributed by atoms with Gasteiger partial charge in [-0.05, 0) is 26.0 Å². The van der Waals surface area contributed by atoms with Gasteiger partial charge in [-0.15, -0.1) is 0 Å². The van der Waals surface area contributed by atoms with Gasteiger partial charge in [-0.3, -0.25) is 19.6 Å². The van der Waals surface area contributed by atoms with Crippen LogP contribution in [0.15, 0.2) is 24.3 Å². The minimum atomic E-state index is -0.438. The molecule has 24 heavy (non-hydrogen) atoms. The number of aryl methyl sites for hydroxylation is 2. The van der Waals surface area contributed by atoms with E-state index in [1.54, 1.807) is 16.8 Å². The number of rotatable bonds is 7. The summed E-state index contributed by atoms with van der Waals surface area (Å²) in [6.45, 7) is 4.84. The molecule has 0 bridgehead atoms. The van der Waals surface area contributed by atoms with Crippen LogP contribution < -0.4 is 10.6 Å². The number of non-ortho nitro benzene ring substituents is 1. The summed E-state index contributed by atoms with van der Waals surface area (Å²) in [4.78, 5) is 22.1. The highest BCUT2D eigenvalue weighted by molar-refractivity contribution is 5.79. The third kappa shape index (κ3) is 4.31. The Hall–Kier alpha value is -2.90. The van der Waals surface area contributed by atoms with Gasteiger partial charge < -0.3 is 10.6 Å². The van der Waals surface area contributed by atoms with E-state index in [9.17, 15) is 14.9 Å². The van der Waals surface area contributed by atoms with E-state index in [1.807, 2.05) is 20.9 Å². The van der Waals surface area contributed by atoms with Crippen LogP contribution in [-0.4, -0.2) is 33.7 Å². The molecule has 2 aromatic rings. The summed E-state index contributed by atoms with van der Waals surface area (Å²) in [7, 11) is 1.86. The fourth-order valence-electron chi connectivity index (χ4n) is 2.41. The summed E-state index contributed by atoms with van der Waals surface area (Å²) in [6.07, 6.45) is 0.309. The molecule has 0 fully saturated rings. The molecule has 8 nitrogen and oxygen atoms in total. The van der Waals surface area contributed by atoms with E-state index in [0.29, 0.717) is 19.5 Å². The van der Waals surface area contributed by atoms with Crippen molar-refractivity contribution in [2.75, 3.05) is 18.4 Å². The van der Waals surface area contributed by atoms with Crippen molar-refractivity contribution in [3.05, 3.63) is 51.3 Å². The maximum atomic E-state index is 12.0. The van der Waals surface area contributed by atoms with Crippen LogP contribution in [0.5, 0.6) is 0 Å². The molecule has 0 unspecified atom stereocenters. The van der Waals surface area contributed by atoms with Crippen molar-refractivity contribution in [2.45, 2.75) is 20.3 Å². The number of nitro benzene ring substituents is 1. The molecular weight excluding hydrogens is 310 g/mol. The van der Waals surface area contributed by atoms with Crippen LogP contribution in [-0.2, 0) is 18.3 Å². The van der Waals surface area contributed by atoms with Gasteiger partial charge in [-0.2, -0.15) is 5.10 Å². The Kier molecular flexibility index (Phi) is 5.51. The number of carbonyl (C=O) groups excluding carboxylic acids is 1. The summed E-state index contributed by atoms with van der Waals surface area (Å²) in [5.74, 6) is -0.0558. The Morgan fingerprint density at radius 2 is 1.92 bits per heavy atom. The van der Waals surface area contributed by atoms with E-state index in [4.69, 9.17) is 0 Å². The van der Waals surface area contributed by atoms with Crippen LogP contribution in [0, 0.1) is 24.0 Å². The second-order valence-corrected chi connectivity index (χ2v) is 5.53. The average molecular weight is 331 g/mol. The molecule has 2 rings (SSSR count). The largest absolute Gasteiger partial charge is 0.383 e. The van der Waals surface area contributed by atoms with Gasteiger partial charge in [0.2, 0.25) is 5.91 Å². The van der Waals surface area contributed by atoms with Crippen molar-refractivity contribution in [3.8, 4) is 0 Å². The summed E-state index contributed by atoms with van der Waals surface area (Å²) in [6, 6.07) is 6.16. The number of amides is 1. The van der Waals surface area contributed by atoms with Gasteiger partial charge in [-0.25, -0.2) is 0 Å². The highest BCUT2D eigenvalue weighted by atomic mass is 16.6. The first-order chi connectivity index (χ1) is 11.4. The van der Waals surface area contributed by atoms with Crippen LogP contribution in [0.2, 0.25) is 0 Å². The molecule has 1 amide bonds. The number of hydrogen-bond donors (Lipinski definition) is 2. The Morgan fingerprint density at radius 3 is 2.46 bits per heavy atom. The Labute approximate surface area is 140 Å². The average Bonchev–Trinajstić information content (AvgIpc) is 2.78. The van der Waals surface area contributed by atoms with Gasteiger partial charge in [-0.1, -0.05) is 0 Å². The SMILES string of the molecule is Cc1nn(C)c(C)c1CC(=O)NCCNc1ccc([N+](=O)[O-])cc1. The molecule has 0 spiro atoms. The van der Waals surface area contributed by atoms with Gasteiger partial charge >= 0.3 is 0 Å². The Balaban J connectivity index is 1.75. The van der Waals surface area contributed by atoms with Crippen LogP contribution >= 0.6 is 0 Å². The standard InChI is InChI=1S/C16H21N5O3/c1-11-15(12(2)20(3)19-11)10-16(22)18-9-8-17-13-4-6-14(7-5-13)21(23)24/h4-7,17H,8-10H2,1-3H3,(H,18,22). The Morgan fingerprint density at radius 1 is 1.25 bits per heavy atom. The van der Waals surface area contributed by atoms with Crippen molar-refractivity contribution in [1.29, 1.82) is 0 Å². The van der Waals surface area contributed by atoms with Gasteiger partial charge in [0, 0.05) is 49.2 Å². The molecule has 1 heterocycles. The van der Waals surface area contributed by atoms with Crippen molar-refractivity contribution >= 4 is 17.3 Å². The maximum absolute atomic E-state index is 12.0. The van der Waals surface area contributed by atoms with Crippen LogP contribution in [0.4, 0.5) is 11.4 Å². The number of nitro groups is 1. The summed E-state index contributed by atoms with van der Waals surface area (Å²) in [5, 5.41) is 20.8. The highest BCUT2D eigenvalue weighted by Gasteiger charge is 2.13. The third-order valence-corrected chi connectivity index (χ3v) is 3.85. The fourth-order valence-corrected chi connectivity index (χ4v) is 2.41. The second-order valence-electron chi connectivity index (χ2n) is 5.53. The number of aromatic nitrogens is 2. The minimum Gasteiger partial charge on any atom is -0.383 e. The zero-order chi connectivity index (χ0) is 17.7. The van der Waals surface area contributed by atoms with Crippen molar-refractivity contribution < 1.29 is 9.72 Å². The van der Waals surface area contributed by atoms with Crippen LogP contribution in [0.25, 0.3) is 0 Å². The molecule has 0 aliphatic carbocycles. The lowest BCUT2D eigenvalue weighted by atomic mass is 10.1. The number of nitrogens with one attached hydrogen (secondary N) is 2. The Bertz CT molecular complexity index is 737. The molecule has 1 aromatic carbocycles. The van der Waals surface area contributed by atoms with E-state index in [2.05, 4.69) is 15.7 Å². The number of benzene rings is 1. The molecule has 0 radical (unpaired) electrons. The normalized spacial score (nSPS) is 10.5. The van der Waals surface area contributed by atoms with Crippen molar-refractivity contribution in [1.82, 2.24) is 15.1 Å². The number of carbonyl (C=O) groups is 1. The first-order valence-corrected chi connectivity index (χ1v) is 7.62. The molecule has 128 valence electrons. The van der Waals surface area contributed by atoms with E-state index >= 15 is 0 Å². The summed E-state index contributed by atoms with van der Waals surface area (Å²) < 4.78 is 1.77. The van der Waals surface area contributed by atoms with Gasteiger partial charge in [0.25, 0.3) is 5.69 Å². The van der Waals surface area contributed by atoms with Gasteiger partial charge in [0.05, 0.1) is 17.0 Å². The number of hydrogen-bond acceptors (Lipinski definition) is 5. The summed E-state index contributed by atoms with van der Waals surface area (Å²) in [5.41, 5.74) is 3.64. The first kappa shape index (κ1) is 17.5. The molecule has 0 saturated carbocycles. The first-order valence-electron chi connectivity index (χ1n) is 7.62. The lowest BCUT2D eigenvalue weighted by molar-refractivity contribution is -0.384. The molecular formula is C16H21N5O3. The monoisotopic (exact) mass is 331 g/mol. The molecule has 2 N–H and O–H groups in total. The van der Waals surface area contributed by atoms with E-state index in [1.165, 1.54) is 12.1 Å². The van der Waals surface area contributed by atoms with E-state index in [-0.39, 0.29) is 11.6 Å². The molecule has 8 heteroatoms. The van der Waals surface area contributed by atoms with Crippen LogP contribution in [0.3, 0.4) is 0 Å². The molecule has 1 aromatic heterocycles. The van der Waals surface area contributed by atoms with Crippen LogP contribution in [0.1, 0.15) is 17.0 Å². The third-order valence-electron chi connectivity index (χ3n) is 3.85. The topological polar surface area (TPSA) is 102 Å². The lowest BCUT2D eigenvalue weighted by Gasteiger charge is -2.08. The van der Waals surface area contributed by atoms with Gasteiger partial charge in [0.1, 0.15) is 0 Å². The quantitative estimate of drug-likeness (QED) is 0.457. The zero-order valence-corrected chi connectivity index (χ0v) is 14.0. The molecule has 0 aliphatic rings.